The van der Waals surface area contributed by atoms with Crippen molar-refractivity contribution in [1.82, 2.24) is 30.2 Å². The Hall–Kier alpha value is -6.71. The normalized spacial score (nSPS) is 20.1. The number of H-pyrrole nitrogens is 1. The number of nitrogens with one attached hydrogen (secondary N) is 2. The minimum Gasteiger partial charge on any atom is -0.493 e. The Morgan fingerprint density at radius 2 is 1.67 bits per heavy atom. The third-order valence-corrected chi connectivity index (χ3v) is 13.3. The van der Waals surface area contributed by atoms with Crippen LogP contribution in [0.25, 0.3) is 22.3 Å². The van der Waals surface area contributed by atoms with Crippen LogP contribution in [0.5, 0.6) is 28.7 Å². The van der Waals surface area contributed by atoms with Gasteiger partial charge in [0.25, 0.3) is 5.91 Å². The number of carbonyl (C=O) groups is 3. The second-order valence-corrected chi connectivity index (χ2v) is 17.2. The number of halogens is 1. The molecule has 1 saturated heterocycles. The summed E-state index contributed by atoms with van der Waals surface area (Å²) in [5.41, 5.74) is 4.57. The zero-order chi connectivity index (χ0) is 43.9. The predicted octanol–water partition coefficient (Wildman–Crippen LogP) is 6.68. The summed E-state index contributed by atoms with van der Waals surface area (Å²) in [6.45, 7) is 1.31. The molecular formula is C48H50FN7O8. The van der Waals surface area contributed by atoms with Crippen LogP contribution in [0.1, 0.15) is 72.9 Å². The van der Waals surface area contributed by atoms with Crippen LogP contribution < -0.4 is 29.0 Å². The Morgan fingerprint density at radius 3 is 2.44 bits per heavy atom. The minimum atomic E-state index is -1.000. The molecule has 3 amide bonds. The molecule has 5 aliphatic rings. The van der Waals surface area contributed by atoms with Gasteiger partial charge >= 0.3 is 0 Å². The lowest BCUT2D eigenvalue weighted by Gasteiger charge is -2.43. The zero-order valence-electron chi connectivity index (χ0n) is 35.8. The molecule has 5 aromatic rings. The van der Waals surface area contributed by atoms with Crippen molar-refractivity contribution >= 4 is 34.5 Å². The van der Waals surface area contributed by atoms with Gasteiger partial charge in [0.05, 0.1) is 49.2 Å². The molecule has 332 valence electrons. The van der Waals surface area contributed by atoms with Crippen LogP contribution >= 0.6 is 0 Å². The molecule has 5 heterocycles. The highest BCUT2D eigenvalue weighted by molar-refractivity contribution is 6.09. The Kier molecular flexibility index (Phi) is 11.3. The molecule has 16 heteroatoms. The second-order valence-electron chi connectivity index (χ2n) is 17.2. The van der Waals surface area contributed by atoms with Crippen molar-refractivity contribution in [2.75, 3.05) is 40.7 Å². The number of piperidine rings is 1. The number of likely N-dealkylation sites (tertiary alicyclic amines) is 1. The lowest BCUT2D eigenvalue weighted by Crippen LogP contribution is -2.55. The molecular weight excluding hydrogens is 822 g/mol. The highest BCUT2D eigenvalue weighted by Crippen LogP contribution is 2.48. The molecule has 3 aliphatic heterocycles. The van der Waals surface area contributed by atoms with E-state index in [0.29, 0.717) is 95.1 Å². The molecule has 2 aliphatic carbocycles. The number of ether oxygens (including phenoxy) is 5. The number of amides is 3. The van der Waals surface area contributed by atoms with E-state index in [2.05, 4.69) is 20.3 Å². The maximum atomic E-state index is 14.6. The van der Waals surface area contributed by atoms with Crippen LogP contribution in [-0.2, 0) is 16.0 Å². The number of hydrazone groups is 1. The van der Waals surface area contributed by atoms with Crippen LogP contribution in [0.4, 0.5) is 4.39 Å². The summed E-state index contributed by atoms with van der Waals surface area (Å²) in [4.78, 5) is 57.1. The number of methoxy groups -OCH3 is 2. The third-order valence-electron chi connectivity index (χ3n) is 13.3. The van der Waals surface area contributed by atoms with E-state index in [4.69, 9.17) is 28.8 Å². The first-order chi connectivity index (χ1) is 31.3. The number of hydrogen-bond acceptors (Lipinski definition) is 11. The number of aromatic amines is 1. The fourth-order valence-electron chi connectivity index (χ4n) is 9.63. The molecule has 2 N–H and O–H groups in total. The zero-order valence-corrected chi connectivity index (χ0v) is 35.8. The molecule has 2 saturated carbocycles. The summed E-state index contributed by atoms with van der Waals surface area (Å²) >= 11 is 0. The summed E-state index contributed by atoms with van der Waals surface area (Å²) < 4.78 is 43.0. The van der Waals surface area contributed by atoms with Gasteiger partial charge in [-0.3, -0.25) is 14.4 Å². The van der Waals surface area contributed by atoms with Gasteiger partial charge in [0, 0.05) is 43.1 Å². The number of hydrogen-bond donors (Lipinski definition) is 2. The van der Waals surface area contributed by atoms with Gasteiger partial charge in [-0.15, -0.1) is 0 Å². The molecule has 3 atom stereocenters. The van der Waals surface area contributed by atoms with Crippen molar-refractivity contribution in [2.45, 2.75) is 69.9 Å². The first-order valence-corrected chi connectivity index (χ1v) is 22.1. The average Bonchev–Trinajstić information content (AvgIpc) is 3.85. The monoisotopic (exact) mass is 871 g/mol. The highest BCUT2D eigenvalue weighted by Gasteiger charge is 2.44. The minimum absolute atomic E-state index is 0.00870. The second kappa shape index (κ2) is 17.5. The molecule has 3 fully saturated rings. The van der Waals surface area contributed by atoms with Crippen LogP contribution in [0.3, 0.4) is 0 Å². The smallest absolute Gasteiger partial charge is 0.255 e. The van der Waals surface area contributed by atoms with Crippen molar-refractivity contribution in [2.24, 2.45) is 22.9 Å². The standard InChI is InChI=1S/C48H50FN7O8/c1-60-36-14-11-29(22-39(36)61-2)41-32-5-3-4-6-33(32)47(58)56(54-41)31-17-19-55(20-18-31)48(59)35(21-27-9-12-30(49)13-10-27)53-46(57)34-23-50-44-42(34)51-25-52-43(44)40-37(62-24-28-7-8-28)15-16-38-45(40)64-26-63-38/h9-16,22-23,25,28,31-33,35,50H,3-8,17-21,24,26H2,1-2H3,(H,53,57)/t32-,33+,35-/m0/s1. The van der Waals surface area contributed by atoms with E-state index in [1.165, 1.54) is 18.5 Å². The molecule has 0 bridgehead atoms. The lowest BCUT2D eigenvalue weighted by atomic mass is 9.73. The largest absolute Gasteiger partial charge is 0.493 e. The lowest BCUT2D eigenvalue weighted by molar-refractivity contribution is -0.143. The molecule has 15 nitrogen and oxygen atoms in total. The summed E-state index contributed by atoms with van der Waals surface area (Å²) in [7, 11) is 3.20. The van der Waals surface area contributed by atoms with Crippen molar-refractivity contribution in [3.8, 4) is 40.0 Å². The average molecular weight is 872 g/mol. The number of carbonyl (C=O) groups excluding carboxylic acids is 3. The molecule has 0 unspecified atom stereocenters. The van der Waals surface area contributed by atoms with Crippen molar-refractivity contribution < 1.29 is 42.5 Å². The maximum absolute atomic E-state index is 14.6. The van der Waals surface area contributed by atoms with Gasteiger partial charge in [-0.25, -0.2) is 19.4 Å². The number of benzene rings is 3. The molecule has 3 aromatic carbocycles. The van der Waals surface area contributed by atoms with Gasteiger partial charge in [0.15, 0.2) is 23.0 Å². The fourth-order valence-corrected chi connectivity index (χ4v) is 9.63. The Labute approximate surface area is 369 Å². The number of aromatic nitrogens is 3. The van der Waals surface area contributed by atoms with Crippen molar-refractivity contribution in [3.05, 3.63) is 89.6 Å². The number of nitrogens with zero attached hydrogens (tertiary/aromatic N) is 5. The third kappa shape index (κ3) is 7.94. The van der Waals surface area contributed by atoms with Crippen molar-refractivity contribution in [3.63, 3.8) is 0 Å². The van der Waals surface area contributed by atoms with Crippen LogP contribution in [0, 0.1) is 23.6 Å². The van der Waals surface area contributed by atoms with Crippen molar-refractivity contribution in [1.29, 1.82) is 0 Å². The molecule has 0 spiro atoms. The van der Waals surface area contributed by atoms with E-state index in [1.54, 1.807) is 42.5 Å². The quantitative estimate of drug-likeness (QED) is 0.130. The predicted molar refractivity (Wildman–Crippen MR) is 233 cm³/mol. The number of rotatable bonds is 13. The summed E-state index contributed by atoms with van der Waals surface area (Å²) in [6, 6.07) is 14.1. The summed E-state index contributed by atoms with van der Waals surface area (Å²) in [5, 5.41) is 9.75. The van der Waals surface area contributed by atoms with E-state index in [0.717, 1.165) is 49.8 Å². The Balaban J connectivity index is 0.894. The first-order valence-electron chi connectivity index (χ1n) is 22.1. The number of fused-ring (bicyclic) bond motifs is 3. The van der Waals surface area contributed by atoms with Gasteiger partial charge in [-0.05, 0) is 92.5 Å². The van der Waals surface area contributed by atoms with Crippen LogP contribution in [0.15, 0.2) is 72.2 Å². The van der Waals surface area contributed by atoms with Gasteiger partial charge in [0.2, 0.25) is 18.6 Å². The summed E-state index contributed by atoms with van der Waals surface area (Å²) in [5.74, 6) is 2.01. The van der Waals surface area contributed by atoms with E-state index >= 15 is 0 Å². The van der Waals surface area contributed by atoms with Gasteiger partial charge in [0.1, 0.15) is 35.1 Å². The van der Waals surface area contributed by atoms with Gasteiger partial charge in [-0.1, -0.05) is 25.0 Å². The molecule has 0 radical (unpaired) electrons. The Morgan fingerprint density at radius 1 is 0.906 bits per heavy atom. The SMILES string of the molecule is COc1ccc(C2=NN(C3CCN(C(=O)[C@H](Cc4ccc(F)cc4)NC(=O)c4c[nH]c5c(-c6c(OCC7CC7)ccc7c6OCO7)ncnc45)CC3)C(=O)[C@@H]3CCCC[C@H]23)cc1OC. The maximum Gasteiger partial charge on any atom is 0.255 e. The fraction of sp³-hybridized carbons (Fsp3) is 0.417. The van der Waals surface area contributed by atoms with E-state index < -0.39 is 17.8 Å². The molecule has 2 aromatic heterocycles. The Bertz CT molecular complexity index is 2620. The van der Waals surface area contributed by atoms with Gasteiger partial charge < -0.3 is 38.9 Å². The van der Waals surface area contributed by atoms with Crippen LogP contribution in [0.2, 0.25) is 0 Å². The van der Waals surface area contributed by atoms with E-state index in [-0.39, 0.29) is 48.5 Å². The van der Waals surface area contributed by atoms with E-state index in [1.807, 2.05) is 30.3 Å². The topological polar surface area (TPSA) is 170 Å². The highest BCUT2D eigenvalue weighted by atomic mass is 19.1. The molecule has 10 rings (SSSR count). The van der Waals surface area contributed by atoms with Crippen LogP contribution in [-0.4, -0.2) is 101 Å². The first kappa shape index (κ1) is 41.3. The van der Waals surface area contributed by atoms with Gasteiger partial charge in [-0.2, -0.15) is 5.10 Å². The molecule has 64 heavy (non-hydrogen) atoms. The summed E-state index contributed by atoms with van der Waals surface area (Å²) in [6.07, 6.45) is 9.99. The van der Waals surface area contributed by atoms with E-state index in [9.17, 15) is 18.8 Å².